The molecule has 130 valence electrons. The van der Waals surface area contributed by atoms with Gasteiger partial charge < -0.3 is 14.7 Å². The average molecular weight is 329 g/mol. The molecule has 1 saturated heterocycles. The molecule has 1 aliphatic carbocycles. The number of carbonyl (C=O) groups excluding carboxylic acids is 1. The Morgan fingerprint density at radius 1 is 1.21 bits per heavy atom. The van der Waals surface area contributed by atoms with E-state index in [1.807, 2.05) is 35.2 Å². The summed E-state index contributed by atoms with van der Waals surface area (Å²) in [7, 11) is 0. The molecular weight excluding hydrogens is 302 g/mol. The second kappa shape index (κ2) is 8.34. The molecule has 1 saturated carbocycles. The summed E-state index contributed by atoms with van der Waals surface area (Å²) in [6, 6.07) is 7.95. The van der Waals surface area contributed by atoms with Crippen LogP contribution in [0.5, 0.6) is 5.75 Å². The molecule has 1 amide bonds. The molecular formula is C20H27NO3. The largest absolute Gasteiger partial charge is 0.490 e. The third kappa shape index (κ3) is 4.60. The number of aliphatic hydroxyl groups excluding tert-OH is 1. The fourth-order valence-corrected chi connectivity index (χ4v) is 3.50. The van der Waals surface area contributed by atoms with Crippen molar-refractivity contribution >= 4 is 12.0 Å². The summed E-state index contributed by atoms with van der Waals surface area (Å²) in [6.45, 7) is 1.70. The predicted octanol–water partition coefficient (Wildman–Crippen LogP) is 3.25. The number of carbonyl (C=O) groups is 1. The van der Waals surface area contributed by atoms with Gasteiger partial charge in [-0.2, -0.15) is 0 Å². The van der Waals surface area contributed by atoms with Crippen molar-refractivity contribution in [3.8, 4) is 5.75 Å². The van der Waals surface area contributed by atoms with E-state index in [2.05, 4.69) is 0 Å². The standard InChI is InChI=1S/C20H27NO3/c22-15-17-10-12-21(13-11-17)20(23)9-8-16-4-3-7-19(14-16)24-18-5-1-2-6-18/h3-4,7-9,14,17-18,22H,1-2,5-6,10-13,15H2/b9-8+. The Labute approximate surface area is 144 Å². The van der Waals surface area contributed by atoms with Gasteiger partial charge in [0.1, 0.15) is 5.75 Å². The molecule has 0 unspecified atom stereocenters. The number of likely N-dealkylation sites (tertiary alicyclic amines) is 1. The zero-order valence-corrected chi connectivity index (χ0v) is 14.2. The lowest BCUT2D eigenvalue weighted by atomic mass is 9.98. The van der Waals surface area contributed by atoms with E-state index in [4.69, 9.17) is 9.84 Å². The highest BCUT2D eigenvalue weighted by molar-refractivity contribution is 5.91. The number of hydrogen-bond donors (Lipinski definition) is 1. The molecule has 0 aromatic heterocycles. The van der Waals surface area contributed by atoms with Crippen LogP contribution in [0.1, 0.15) is 44.1 Å². The lowest BCUT2D eigenvalue weighted by Gasteiger charge is -2.30. The summed E-state index contributed by atoms with van der Waals surface area (Å²) in [5.41, 5.74) is 0.990. The van der Waals surface area contributed by atoms with Gasteiger partial charge in [0.25, 0.3) is 0 Å². The molecule has 0 bridgehead atoms. The van der Waals surface area contributed by atoms with Crippen molar-refractivity contribution in [3.05, 3.63) is 35.9 Å². The Balaban J connectivity index is 1.54. The van der Waals surface area contributed by atoms with Crippen LogP contribution in [0.3, 0.4) is 0 Å². The molecule has 1 aromatic carbocycles. The molecule has 24 heavy (non-hydrogen) atoms. The van der Waals surface area contributed by atoms with E-state index in [0.717, 1.165) is 50.1 Å². The summed E-state index contributed by atoms with van der Waals surface area (Å²) < 4.78 is 6.01. The number of nitrogens with zero attached hydrogens (tertiary/aromatic N) is 1. The molecule has 4 heteroatoms. The van der Waals surface area contributed by atoms with Gasteiger partial charge in [0, 0.05) is 25.8 Å². The lowest BCUT2D eigenvalue weighted by Crippen LogP contribution is -2.38. The second-order valence-corrected chi connectivity index (χ2v) is 6.88. The van der Waals surface area contributed by atoms with Gasteiger partial charge in [-0.1, -0.05) is 12.1 Å². The summed E-state index contributed by atoms with van der Waals surface area (Å²) in [5.74, 6) is 1.29. The maximum Gasteiger partial charge on any atom is 0.246 e. The van der Waals surface area contributed by atoms with Crippen LogP contribution in [0.2, 0.25) is 0 Å². The molecule has 1 N–H and O–H groups in total. The van der Waals surface area contributed by atoms with Crippen LogP contribution in [-0.2, 0) is 4.79 Å². The minimum absolute atomic E-state index is 0.0495. The Morgan fingerprint density at radius 3 is 2.67 bits per heavy atom. The zero-order valence-electron chi connectivity index (χ0n) is 14.2. The topological polar surface area (TPSA) is 49.8 Å². The number of aliphatic hydroxyl groups is 1. The van der Waals surface area contributed by atoms with Gasteiger partial charge >= 0.3 is 0 Å². The number of benzene rings is 1. The first kappa shape index (κ1) is 17.0. The molecule has 0 radical (unpaired) electrons. The van der Waals surface area contributed by atoms with Crippen molar-refractivity contribution in [1.29, 1.82) is 0 Å². The number of ether oxygens (including phenoxy) is 1. The number of rotatable bonds is 5. The van der Waals surface area contributed by atoms with Crippen molar-refractivity contribution in [2.75, 3.05) is 19.7 Å². The summed E-state index contributed by atoms with van der Waals surface area (Å²) in [5, 5.41) is 9.17. The van der Waals surface area contributed by atoms with Crippen LogP contribution >= 0.6 is 0 Å². The van der Waals surface area contributed by atoms with Crippen molar-refractivity contribution < 1.29 is 14.6 Å². The highest BCUT2D eigenvalue weighted by Crippen LogP contribution is 2.25. The van der Waals surface area contributed by atoms with E-state index in [1.54, 1.807) is 6.08 Å². The average Bonchev–Trinajstić information content (AvgIpc) is 3.13. The molecule has 1 aliphatic heterocycles. The summed E-state index contributed by atoms with van der Waals surface area (Å²) in [6.07, 6.45) is 10.4. The second-order valence-electron chi connectivity index (χ2n) is 6.88. The monoisotopic (exact) mass is 329 g/mol. The third-order valence-corrected chi connectivity index (χ3v) is 5.07. The van der Waals surface area contributed by atoms with Gasteiger partial charge in [-0.15, -0.1) is 0 Å². The maximum absolute atomic E-state index is 12.3. The summed E-state index contributed by atoms with van der Waals surface area (Å²) >= 11 is 0. The molecule has 3 rings (SSSR count). The van der Waals surface area contributed by atoms with E-state index in [9.17, 15) is 4.79 Å². The quantitative estimate of drug-likeness (QED) is 0.844. The number of amides is 1. The molecule has 2 fully saturated rings. The third-order valence-electron chi connectivity index (χ3n) is 5.07. The van der Waals surface area contributed by atoms with Crippen molar-refractivity contribution in [3.63, 3.8) is 0 Å². The van der Waals surface area contributed by atoms with Crippen LogP contribution in [0.15, 0.2) is 30.3 Å². The SMILES string of the molecule is O=C(/C=C/c1cccc(OC2CCCC2)c1)N1CCC(CO)CC1. The highest BCUT2D eigenvalue weighted by Gasteiger charge is 2.20. The van der Waals surface area contributed by atoms with Gasteiger partial charge in [-0.25, -0.2) is 0 Å². The maximum atomic E-state index is 12.3. The Bertz CT molecular complexity index is 570. The molecule has 4 nitrogen and oxygen atoms in total. The molecule has 1 aromatic rings. The zero-order chi connectivity index (χ0) is 16.8. The summed E-state index contributed by atoms with van der Waals surface area (Å²) in [4.78, 5) is 14.1. The van der Waals surface area contributed by atoms with Gasteiger partial charge in [0.05, 0.1) is 6.10 Å². The van der Waals surface area contributed by atoms with Crippen LogP contribution < -0.4 is 4.74 Å². The first-order chi connectivity index (χ1) is 11.7. The molecule has 0 atom stereocenters. The van der Waals surface area contributed by atoms with E-state index in [0.29, 0.717) is 12.0 Å². The highest BCUT2D eigenvalue weighted by atomic mass is 16.5. The van der Waals surface area contributed by atoms with Gasteiger partial charge in [0.2, 0.25) is 5.91 Å². The normalized spacial score (nSPS) is 20.0. The minimum atomic E-state index is 0.0495. The minimum Gasteiger partial charge on any atom is -0.490 e. The first-order valence-corrected chi connectivity index (χ1v) is 9.09. The van der Waals surface area contributed by atoms with Gasteiger partial charge in [0.15, 0.2) is 0 Å². The number of piperidine rings is 1. The molecule has 0 spiro atoms. The van der Waals surface area contributed by atoms with Crippen LogP contribution in [-0.4, -0.2) is 41.7 Å². The lowest BCUT2D eigenvalue weighted by molar-refractivity contribution is -0.127. The van der Waals surface area contributed by atoms with Gasteiger partial charge in [-0.3, -0.25) is 4.79 Å². The molecule has 1 heterocycles. The first-order valence-electron chi connectivity index (χ1n) is 9.09. The van der Waals surface area contributed by atoms with E-state index in [-0.39, 0.29) is 12.5 Å². The van der Waals surface area contributed by atoms with Crippen LogP contribution in [0.4, 0.5) is 0 Å². The smallest absolute Gasteiger partial charge is 0.246 e. The number of hydrogen-bond acceptors (Lipinski definition) is 3. The van der Waals surface area contributed by atoms with Crippen molar-refractivity contribution in [2.24, 2.45) is 5.92 Å². The van der Waals surface area contributed by atoms with Gasteiger partial charge in [-0.05, 0) is 68.2 Å². The van der Waals surface area contributed by atoms with Crippen LogP contribution in [0, 0.1) is 5.92 Å². The van der Waals surface area contributed by atoms with Crippen molar-refractivity contribution in [1.82, 2.24) is 4.90 Å². The fraction of sp³-hybridized carbons (Fsp3) is 0.550. The Kier molecular flexibility index (Phi) is 5.91. The van der Waals surface area contributed by atoms with E-state index in [1.165, 1.54) is 12.8 Å². The van der Waals surface area contributed by atoms with Crippen molar-refractivity contribution in [2.45, 2.75) is 44.6 Å². The fourth-order valence-electron chi connectivity index (χ4n) is 3.50. The van der Waals surface area contributed by atoms with E-state index < -0.39 is 0 Å². The van der Waals surface area contributed by atoms with E-state index >= 15 is 0 Å². The Morgan fingerprint density at radius 2 is 1.96 bits per heavy atom. The Hall–Kier alpha value is -1.81. The predicted molar refractivity (Wildman–Crippen MR) is 94.7 cm³/mol. The van der Waals surface area contributed by atoms with Crippen LogP contribution in [0.25, 0.3) is 6.08 Å². The molecule has 2 aliphatic rings.